The summed E-state index contributed by atoms with van der Waals surface area (Å²) < 4.78 is 21.5. The van der Waals surface area contributed by atoms with Gasteiger partial charge < -0.3 is 9.05 Å². The van der Waals surface area contributed by atoms with E-state index < -0.39 is 12.5 Å². The van der Waals surface area contributed by atoms with Crippen molar-refractivity contribution in [2.45, 2.75) is 27.2 Å². The van der Waals surface area contributed by atoms with Gasteiger partial charge in [-0.1, -0.05) is 18.3 Å². The Balaban J connectivity index is 4.76. The van der Waals surface area contributed by atoms with Crippen LogP contribution in [-0.4, -0.2) is 18.1 Å². The zero-order chi connectivity index (χ0) is 11.2. The van der Waals surface area contributed by atoms with Crippen molar-refractivity contribution in [3.05, 3.63) is 15.9 Å². The number of hydrogen-bond acceptors (Lipinski definition) is 5. The fraction of sp³-hybridized carbons (Fsp3) is 0.857. The van der Waals surface area contributed by atoms with Crippen LogP contribution in [0.25, 0.3) is 0 Å². The first-order valence-corrected chi connectivity index (χ1v) is 5.95. The van der Waals surface area contributed by atoms with Crippen LogP contribution < -0.4 is 0 Å². The Hall–Kier alpha value is -0.580. The smallest absolute Gasteiger partial charge is 0.272 e. The van der Waals surface area contributed by atoms with Gasteiger partial charge >= 0.3 is 0 Å². The van der Waals surface area contributed by atoms with Crippen LogP contribution >= 0.6 is 7.60 Å². The summed E-state index contributed by atoms with van der Waals surface area (Å²) in [5, 5.41) is 10.6. The molecule has 0 aromatic carbocycles. The van der Waals surface area contributed by atoms with Crippen LogP contribution in [0, 0.1) is 15.9 Å². The van der Waals surface area contributed by atoms with Crippen LogP contribution in [0.3, 0.4) is 0 Å². The van der Waals surface area contributed by atoms with Gasteiger partial charge in [-0.2, -0.15) is 0 Å². The van der Waals surface area contributed by atoms with E-state index in [-0.39, 0.29) is 25.4 Å². The molecular formula is C7H15NO5P-. The molecular weight excluding hydrogens is 209 g/mol. The van der Waals surface area contributed by atoms with Gasteiger partial charge in [0.25, 0.3) is 7.60 Å². The molecule has 0 N–H and O–H groups in total. The first kappa shape index (κ1) is 13.4. The summed E-state index contributed by atoms with van der Waals surface area (Å²) in [7, 11) is -3.67. The van der Waals surface area contributed by atoms with Crippen LogP contribution in [0.1, 0.15) is 27.2 Å². The van der Waals surface area contributed by atoms with Crippen molar-refractivity contribution in [2.24, 2.45) is 0 Å². The van der Waals surface area contributed by atoms with Crippen LogP contribution in [-0.2, 0) is 13.6 Å². The minimum Gasteiger partial charge on any atom is -0.325 e. The summed E-state index contributed by atoms with van der Waals surface area (Å²) >= 11 is 0. The highest BCUT2D eigenvalue weighted by molar-refractivity contribution is 7.56. The van der Waals surface area contributed by atoms with Crippen molar-refractivity contribution in [1.82, 2.24) is 0 Å². The molecule has 0 bridgehead atoms. The highest BCUT2D eigenvalue weighted by Crippen LogP contribution is 2.58. The maximum Gasteiger partial charge on any atom is 0.272 e. The van der Waals surface area contributed by atoms with Gasteiger partial charge in [0.1, 0.15) is 0 Å². The average Bonchev–Trinajstić information content (AvgIpc) is 2.04. The zero-order valence-corrected chi connectivity index (χ0v) is 9.45. The number of hydrogen-bond donors (Lipinski definition) is 0. The molecule has 0 fully saturated rings. The van der Waals surface area contributed by atoms with Gasteiger partial charge in [-0.25, -0.2) is 0 Å². The summed E-state index contributed by atoms with van der Waals surface area (Å²) in [4.78, 5) is 9.87. The standard InChI is InChI=1S/C7H15NO5P/c1-4-7(8(9)10)14(11,12-5-2)13-6-3/h4-6H2,1-3H3/q-1. The summed E-state index contributed by atoms with van der Waals surface area (Å²) in [6, 6.07) is 0. The molecule has 6 nitrogen and oxygen atoms in total. The second-order valence-corrected chi connectivity index (χ2v) is 4.39. The molecule has 14 heavy (non-hydrogen) atoms. The summed E-state index contributed by atoms with van der Waals surface area (Å²) in [5.74, 6) is -0.388. The van der Waals surface area contributed by atoms with Gasteiger partial charge in [0.05, 0.1) is 19.0 Å². The van der Waals surface area contributed by atoms with Crippen molar-refractivity contribution in [1.29, 1.82) is 0 Å². The molecule has 0 aromatic heterocycles. The maximum atomic E-state index is 11.9. The van der Waals surface area contributed by atoms with Crippen molar-refractivity contribution < 1.29 is 18.5 Å². The fourth-order valence-electron chi connectivity index (χ4n) is 0.949. The first-order chi connectivity index (χ1) is 6.51. The molecule has 0 spiro atoms. The lowest BCUT2D eigenvalue weighted by atomic mass is 10.5. The summed E-state index contributed by atoms with van der Waals surface area (Å²) in [5.41, 5.74) is 0. The molecule has 0 aromatic rings. The quantitative estimate of drug-likeness (QED) is 0.287. The molecule has 0 aliphatic heterocycles. The number of nitro groups is 1. The van der Waals surface area contributed by atoms with E-state index in [4.69, 9.17) is 9.05 Å². The Labute approximate surface area is 83.3 Å². The van der Waals surface area contributed by atoms with Gasteiger partial charge in [0.15, 0.2) is 0 Å². The van der Waals surface area contributed by atoms with E-state index in [2.05, 4.69) is 0 Å². The predicted molar refractivity (Wildman–Crippen MR) is 51.4 cm³/mol. The Kier molecular flexibility index (Phi) is 5.76. The molecule has 0 unspecified atom stereocenters. The van der Waals surface area contributed by atoms with Crippen LogP contribution in [0.2, 0.25) is 0 Å². The molecule has 0 radical (unpaired) electrons. The topological polar surface area (TPSA) is 78.7 Å². The third-order valence-electron chi connectivity index (χ3n) is 1.44. The molecule has 0 amide bonds. The molecule has 0 saturated carbocycles. The fourth-order valence-corrected chi connectivity index (χ4v) is 2.59. The summed E-state index contributed by atoms with van der Waals surface area (Å²) in [6.45, 7) is 5.00. The molecule has 7 heteroatoms. The van der Waals surface area contributed by atoms with Gasteiger partial charge in [-0.15, -0.1) is 0 Å². The van der Waals surface area contributed by atoms with E-state index >= 15 is 0 Å². The van der Waals surface area contributed by atoms with Gasteiger partial charge in [-0.05, 0) is 13.8 Å². The van der Waals surface area contributed by atoms with Crippen LogP contribution in [0.4, 0.5) is 0 Å². The van der Waals surface area contributed by atoms with Crippen molar-refractivity contribution in [2.75, 3.05) is 13.2 Å². The van der Waals surface area contributed by atoms with Gasteiger partial charge in [0, 0.05) is 0 Å². The van der Waals surface area contributed by atoms with E-state index in [9.17, 15) is 14.7 Å². The van der Waals surface area contributed by atoms with E-state index in [0.29, 0.717) is 0 Å². The van der Waals surface area contributed by atoms with E-state index in [1.165, 1.54) is 0 Å². The average molecular weight is 224 g/mol. The third kappa shape index (κ3) is 3.29. The molecule has 0 atom stereocenters. The lowest BCUT2D eigenvalue weighted by Gasteiger charge is -2.29. The Morgan fingerprint density at radius 1 is 1.29 bits per heavy atom. The maximum absolute atomic E-state index is 11.9. The first-order valence-electron chi connectivity index (χ1n) is 4.41. The van der Waals surface area contributed by atoms with Gasteiger partial charge in [-0.3, -0.25) is 14.7 Å². The normalized spacial score (nSPS) is 11.4. The van der Waals surface area contributed by atoms with Crippen molar-refractivity contribution >= 4 is 7.60 Å². The minimum absolute atomic E-state index is 0.0459. The lowest BCUT2D eigenvalue weighted by molar-refractivity contribution is -0.452. The highest BCUT2D eigenvalue weighted by Gasteiger charge is 2.30. The predicted octanol–water partition coefficient (Wildman–Crippen LogP) is 2.43. The Morgan fingerprint density at radius 3 is 1.93 bits per heavy atom. The van der Waals surface area contributed by atoms with Crippen LogP contribution in [0.15, 0.2) is 0 Å². The largest absolute Gasteiger partial charge is 0.325 e. The van der Waals surface area contributed by atoms with E-state index in [1.807, 2.05) is 0 Å². The second-order valence-electron chi connectivity index (χ2n) is 2.36. The Bertz CT molecular complexity index is 222. The third-order valence-corrected chi connectivity index (χ3v) is 3.75. The Morgan fingerprint density at radius 2 is 1.71 bits per heavy atom. The van der Waals surface area contributed by atoms with E-state index in [0.717, 1.165) is 0 Å². The van der Waals surface area contributed by atoms with Crippen LogP contribution in [0.5, 0.6) is 0 Å². The van der Waals surface area contributed by atoms with Crippen molar-refractivity contribution in [3.8, 4) is 0 Å². The minimum atomic E-state index is -3.67. The van der Waals surface area contributed by atoms with E-state index in [1.54, 1.807) is 20.8 Å². The SMILES string of the molecule is CCOP(=O)(OCC)[C-](CC)[N+](=O)[O-]. The van der Waals surface area contributed by atoms with Crippen molar-refractivity contribution in [3.63, 3.8) is 0 Å². The second kappa shape index (κ2) is 6.01. The summed E-state index contributed by atoms with van der Waals surface area (Å²) in [6.07, 6.45) is 0.0459. The number of rotatable bonds is 7. The van der Waals surface area contributed by atoms with Gasteiger partial charge in [0.2, 0.25) is 0 Å². The zero-order valence-electron chi connectivity index (χ0n) is 8.56. The molecule has 0 saturated heterocycles. The monoisotopic (exact) mass is 224 g/mol. The molecule has 84 valence electrons. The molecule has 0 rings (SSSR count). The molecule has 0 aliphatic carbocycles. The molecule has 0 heterocycles. The molecule has 0 aliphatic rings. The highest BCUT2D eigenvalue weighted by atomic mass is 31.2. The number of nitrogens with zero attached hydrogens (tertiary/aromatic N) is 1. The lowest BCUT2D eigenvalue weighted by Crippen LogP contribution is -2.13.